The summed E-state index contributed by atoms with van der Waals surface area (Å²) in [6.45, 7) is 8.50. The molecule has 0 aliphatic rings. The number of hydrogen-bond acceptors (Lipinski definition) is 3. The second-order valence-corrected chi connectivity index (χ2v) is 4.95. The van der Waals surface area contributed by atoms with Crippen LogP contribution < -0.4 is 9.47 Å². The fourth-order valence-corrected chi connectivity index (χ4v) is 1.21. The molecule has 0 aromatic heterocycles. The van der Waals surface area contributed by atoms with E-state index in [4.69, 9.17) is 9.47 Å². The first kappa shape index (κ1) is 14.6. The van der Waals surface area contributed by atoms with Crippen molar-refractivity contribution in [3.8, 4) is 11.5 Å². The van der Waals surface area contributed by atoms with Gasteiger partial charge in [-0.3, -0.25) is 4.79 Å². The molecule has 0 bridgehead atoms. The van der Waals surface area contributed by atoms with Gasteiger partial charge in [-0.05, 0) is 51.0 Å². The molecule has 0 atom stereocenters. The van der Waals surface area contributed by atoms with Crippen LogP contribution in [0.15, 0.2) is 24.3 Å². The third-order valence-electron chi connectivity index (χ3n) is 2.94. The Morgan fingerprint density at radius 1 is 1.11 bits per heavy atom. The minimum absolute atomic E-state index is 0.202. The van der Waals surface area contributed by atoms with Gasteiger partial charge in [0.1, 0.15) is 11.5 Å². The SMILES string of the molecule is CCCOc1ccc(OC(=O)C(C)(C)CC)cc1. The maximum absolute atomic E-state index is 11.9. The average Bonchev–Trinajstić information content (AvgIpc) is 2.37. The second-order valence-electron chi connectivity index (χ2n) is 4.95. The molecular weight excluding hydrogens is 228 g/mol. The van der Waals surface area contributed by atoms with E-state index < -0.39 is 5.41 Å². The lowest BCUT2D eigenvalue weighted by Crippen LogP contribution is -2.28. The Morgan fingerprint density at radius 3 is 2.17 bits per heavy atom. The van der Waals surface area contributed by atoms with E-state index in [0.29, 0.717) is 12.4 Å². The summed E-state index contributed by atoms with van der Waals surface area (Å²) in [7, 11) is 0. The Hall–Kier alpha value is -1.51. The molecule has 0 heterocycles. The van der Waals surface area contributed by atoms with Crippen molar-refractivity contribution in [2.75, 3.05) is 6.61 Å². The molecule has 3 nitrogen and oxygen atoms in total. The molecule has 0 spiro atoms. The topological polar surface area (TPSA) is 35.5 Å². The highest BCUT2D eigenvalue weighted by atomic mass is 16.5. The average molecular weight is 250 g/mol. The lowest BCUT2D eigenvalue weighted by molar-refractivity contribution is -0.144. The zero-order valence-corrected chi connectivity index (χ0v) is 11.7. The van der Waals surface area contributed by atoms with Gasteiger partial charge in [0.25, 0.3) is 0 Å². The van der Waals surface area contributed by atoms with Crippen molar-refractivity contribution in [2.24, 2.45) is 5.41 Å². The smallest absolute Gasteiger partial charge is 0.316 e. The van der Waals surface area contributed by atoms with E-state index in [1.54, 1.807) is 12.1 Å². The van der Waals surface area contributed by atoms with E-state index in [0.717, 1.165) is 18.6 Å². The lowest BCUT2D eigenvalue weighted by atomic mass is 9.91. The van der Waals surface area contributed by atoms with Crippen molar-refractivity contribution in [1.29, 1.82) is 0 Å². The van der Waals surface area contributed by atoms with Gasteiger partial charge < -0.3 is 9.47 Å². The van der Waals surface area contributed by atoms with Crippen LogP contribution in [0.25, 0.3) is 0 Å². The van der Waals surface area contributed by atoms with Crippen LogP contribution in [0.5, 0.6) is 11.5 Å². The van der Waals surface area contributed by atoms with Crippen LogP contribution in [0.3, 0.4) is 0 Å². The Bertz CT molecular complexity index is 379. The Balaban J connectivity index is 2.61. The van der Waals surface area contributed by atoms with Crippen molar-refractivity contribution in [2.45, 2.75) is 40.5 Å². The molecule has 0 aliphatic heterocycles. The summed E-state index contributed by atoms with van der Waals surface area (Å²) < 4.78 is 10.8. The van der Waals surface area contributed by atoms with Crippen LogP contribution in [-0.2, 0) is 4.79 Å². The third kappa shape index (κ3) is 4.06. The molecule has 1 rings (SSSR count). The quantitative estimate of drug-likeness (QED) is 0.569. The van der Waals surface area contributed by atoms with Crippen molar-refractivity contribution in [1.82, 2.24) is 0 Å². The first-order valence-corrected chi connectivity index (χ1v) is 6.44. The molecular formula is C15H22O3. The van der Waals surface area contributed by atoms with Gasteiger partial charge >= 0.3 is 5.97 Å². The molecule has 0 N–H and O–H groups in total. The third-order valence-corrected chi connectivity index (χ3v) is 2.94. The van der Waals surface area contributed by atoms with Crippen molar-refractivity contribution in [3.05, 3.63) is 24.3 Å². The fraction of sp³-hybridized carbons (Fsp3) is 0.533. The maximum Gasteiger partial charge on any atom is 0.316 e. The standard InChI is InChI=1S/C15H22O3/c1-5-11-17-12-7-9-13(10-8-12)18-14(16)15(3,4)6-2/h7-10H,5-6,11H2,1-4H3. The molecule has 3 heteroatoms. The van der Waals surface area contributed by atoms with Gasteiger partial charge in [-0.15, -0.1) is 0 Å². The monoisotopic (exact) mass is 250 g/mol. The molecule has 0 radical (unpaired) electrons. The van der Waals surface area contributed by atoms with E-state index in [-0.39, 0.29) is 5.97 Å². The predicted molar refractivity (Wildman–Crippen MR) is 71.9 cm³/mol. The first-order chi connectivity index (χ1) is 8.49. The maximum atomic E-state index is 11.9. The number of carbonyl (C=O) groups excluding carboxylic acids is 1. The van der Waals surface area contributed by atoms with Crippen molar-refractivity contribution in [3.63, 3.8) is 0 Å². The molecule has 0 fully saturated rings. The molecule has 0 amide bonds. The van der Waals surface area contributed by atoms with Gasteiger partial charge in [-0.25, -0.2) is 0 Å². The van der Waals surface area contributed by atoms with E-state index >= 15 is 0 Å². The zero-order chi connectivity index (χ0) is 13.6. The van der Waals surface area contributed by atoms with Gasteiger partial charge in [0.05, 0.1) is 12.0 Å². The van der Waals surface area contributed by atoms with Crippen molar-refractivity contribution >= 4 is 5.97 Å². The van der Waals surface area contributed by atoms with E-state index in [2.05, 4.69) is 6.92 Å². The summed E-state index contributed by atoms with van der Waals surface area (Å²) in [5, 5.41) is 0. The minimum atomic E-state index is -0.447. The summed E-state index contributed by atoms with van der Waals surface area (Å²) >= 11 is 0. The number of benzene rings is 1. The summed E-state index contributed by atoms with van der Waals surface area (Å²) in [4.78, 5) is 11.9. The summed E-state index contributed by atoms with van der Waals surface area (Å²) in [6, 6.07) is 7.15. The molecule has 18 heavy (non-hydrogen) atoms. The van der Waals surface area contributed by atoms with Gasteiger partial charge in [0, 0.05) is 0 Å². The molecule has 0 unspecified atom stereocenters. The van der Waals surface area contributed by atoms with E-state index in [9.17, 15) is 4.79 Å². The normalized spacial score (nSPS) is 11.1. The largest absolute Gasteiger partial charge is 0.494 e. The summed E-state index contributed by atoms with van der Waals surface area (Å²) in [5.74, 6) is 1.16. The van der Waals surface area contributed by atoms with Crippen molar-refractivity contribution < 1.29 is 14.3 Å². The highest BCUT2D eigenvalue weighted by molar-refractivity contribution is 5.78. The number of ether oxygens (including phenoxy) is 2. The fourth-order valence-electron chi connectivity index (χ4n) is 1.21. The Kier molecular flexibility index (Phi) is 5.20. The Morgan fingerprint density at radius 2 is 1.67 bits per heavy atom. The highest BCUT2D eigenvalue weighted by Crippen LogP contribution is 2.24. The van der Waals surface area contributed by atoms with Gasteiger partial charge in [-0.2, -0.15) is 0 Å². The predicted octanol–water partition coefficient (Wildman–Crippen LogP) is 3.82. The van der Waals surface area contributed by atoms with Gasteiger partial charge in [0.15, 0.2) is 0 Å². The van der Waals surface area contributed by atoms with Crippen LogP contribution in [-0.4, -0.2) is 12.6 Å². The lowest BCUT2D eigenvalue weighted by Gasteiger charge is -2.20. The molecule has 1 aromatic carbocycles. The molecule has 0 saturated carbocycles. The number of hydrogen-bond donors (Lipinski definition) is 0. The number of rotatable bonds is 6. The molecule has 0 aliphatic carbocycles. The molecule has 0 saturated heterocycles. The second kappa shape index (κ2) is 6.43. The summed E-state index contributed by atoms with van der Waals surface area (Å²) in [6.07, 6.45) is 1.73. The Labute approximate surface area is 109 Å². The van der Waals surface area contributed by atoms with Crippen LogP contribution in [0.1, 0.15) is 40.5 Å². The van der Waals surface area contributed by atoms with Crippen LogP contribution in [0.4, 0.5) is 0 Å². The van der Waals surface area contributed by atoms with Crippen LogP contribution in [0, 0.1) is 5.41 Å². The summed E-state index contributed by atoms with van der Waals surface area (Å²) in [5.41, 5.74) is -0.447. The first-order valence-electron chi connectivity index (χ1n) is 6.44. The minimum Gasteiger partial charge on any atom is -0.494 e. The highest BCUT2D eigenvalue weighted by Gasteiger charge is 2.27. The van der Waals surface area contributed by atoms with Crippen LogP contribution >= 0.6 is 0 Å². The molecule has 1 aromatic rings. The molecule has 100 valence electrons. The van der Waals surface area contributed by atoms with E-state index in [1.165, 1.54) is 0 Å². The van der Waals surface area contributed by atoms with E-state index in [1.807, 2.05) is 32.9 Å². The number of esters is 1. The number of carbonyl (C=O) groups is 1. The van der Waals surface area contributed by atoms with Gasteiger partial charge in [0.2, 0.25) is 0 Å². The zero-order valence-electron chi connectivity index (χ0n) is 11.7. The van der Waals surface area contributed by atoms with Crippen LogP contribution in [0.2, 0.25) is 0 Å². The van der Waals surface area contributed by atoms with Gasteiger partial charge in [-0.1, -0.05) is 13.8 Å².